The molecule has 6 nitrogen and oxygen atoms in total. The average Bonchev–Trinajstić information content (AvgIpc) is 2.32. The van der Waals surface area contributed by atoms with Gasteiger partial charge in [-0.3, -0.25) is 9.78 Å². The molecule has 0 radical (unpaired) electrons. The Morgan fingerprint density at radius 2 is 2.28 bits per heavy atom. The number of pyridine rings is 1. The summed E-state index contributed by atoms with van der Waals surface area (Å²) < 4.78 is 4.71. The van der Waals surface area contributed by atoms with Gasteiger partial charge in [0.1, 0.15) is 0 Å². The third kappa shape index (κ3) is 4.14. The number of carbonyl (C=O) groups excluding carboxylic acids is 1. The van der Waals surface area contributed by atoms with Crippen molar-refractivity contribution in [3.05, 3.63) is 29.6 Å². The van der Waals surface area contributed by atoms with Crippen molar-refractivity contribution in [2.45, 2.75) is 19.4 Å². The van der Waals surface area contributed by atoms with E-state index >= 15 is 0 Å². The van der Waals surface area contributed by atoms with E-state index in [1.165, 1.54) is 7.11 Å². The monoisotopic (exact) mass is 252 g/mol. The molecule has 0 aliphatic heterocycles. The predicted octanol–water partition coefficient (Wildman–Crippen LogP) is 0.148. The first-order chi connectivity index (χ1) is 8.54. The molecule has 0 aromatic carbocycles. The predicted molar refractivity (Wildman–Crippen MR) is 64.1 cm³/mol. The van der Waals surface area contributed by atoms with E-state index in [0.717, 1.165) is 5.56 Å². The van der Waals surface area contributed by atoms with Gasteiger partial charge >= 0.3 is 5.97 Å². The second kappa shape index (κ2) is 6.70. The average molecular weight is 252 g/mol. The zero-order chi connectivity index (χ0) is 13.5. The highest BCUT2D eigenvalue weighted by atomic mass is 16.5. The first kappa shape index (κ1) is 14.1. The number of aliphatic carboxylic acids is 1. The smallest absolute Gasteiger partial charge is 0.334 e. The summed E-state index contributed by atoms with van der Waals surface area (Å²) in [6, 6.07) is 3.66. The summed E-state index contributed by atoms with van der Waals surface area (Å²) in [4.78, 5) is 26.4. The van der Waals surface area contributed by atoms with E-state index in [2.05, 4.69) is 10.3 Å². The Balaban J connectivity index is 2.48. The SMILES string of the molecule is COC(CNC(=O)Cc1ncccc1C)C(=O)O. The van der Waals surface area contributed by atoms with Gasteiger partial charge in [0.25, 0.3) is 0 Å². The van der Waals surface area contributed by atoms with Crippen LogP contribution in [0.4, 0.5) is 0 Å². The summed E-state index contributed by atoms with van der Waals surface area (Å²) >= 11 is 0. The molecule has 98 valence electrons. The lowest BCUT2D eigenvalue weighted by molar-refractivity contribution is -0.148. The first-order valence-electron chi connectivity index (χ1n) is 5.47. The molecule has 1 amide bonds. The molecule has 0 bridgehead atoms. The number of rotatable bonds is 6. The Hall–Kier alpha value is -1.95. The van der Waals surface area contributed by atoms with Gasteiger partial charge in [-0.15, -0.1) is 0 Å². The number of nitrogens with one attached hydrogen (secondary N) is 1. The molecule has 0 aliphatic carbocycles. The maximum Gasteiger partial charge on any atom is 0.334 e. The molecule has 0 saturated carbocycles. The highest BCUT2D eigenvalue weighted by molar-refractivity contribution is 5.79. The lowest BCUT2D eigenvalue weighted by Gasteiger charge is -2.11. The van der Waals surface area contributed by atoms with Gasteiger partial charge in [-0.2, -0.15) is 0 Å². The van der Waals surface area contributed by atoms with Crippen LogP contribution in [0.15, 0.2) is 18.3 Å². The van der Waals surface area contributed by atoms with E-state index in [1.807, 2.05) is 13.0 Å². The van der Waals surface area contributed by atoms with Crippen LogP contribution in [0.1, 0.15) is 11.3 Å². The van der Waals surface area contributed by atoms with Crippen LogP contribution in [0.5, 0.6) is 0 Å². The summed E-state index contributed by atoms with van der Waals surface area (Å²) in [6.07, 6.45) is 0.715. The maximum absolute atomic E-state index is 11.6. The topological polar surface area (TPSA) is 88.5 Å². The Morgan fingerprint density at radius 1 is 1.56 bits per heavy atom. The Kier molecular flexibility index (Phi) is 5.26. The molecule has 1 atom stereocenters. The van der Waals surface area contributed by atoms with Crippen LogP contribution in [-0.2, 0) is 20.7 Å². The van der Waals surface area contributed by atoms with Crippen LogP contribution in [0.2, 0.25) is 0 Å². The number of carboxylic acid groups (broad SMARTS) is 1. The third-order valence-corrected chi connectivity index (χ3v) is 2.49. The number of nitrogens with zero attached hydrogens (tertiary/aromatic N) is 1. The van der Waals surface area contributed by atoms with Gasteiger partial charge in [0.05, 0.1) is 18.7 Å². The first-order valence-corrected chi connectivity index (χ1v) is 5.47. The minimum absolute atomic E-state index is 0.0590. The number of methoxy groups -OCH3 is 1. The van der Waals surface area contributed by atoms with Gasteiger partial charge in [0.2, 0.25) is 5.91 Å². The van der Waals surface area contributed by atoms with Crippen molar-refractivity contribution in [1.82, 2.24) is 10.3 Å². The minimum Gasteiger partial charge on any atom is -0.479 e. The molecule has 1 aromatic heterocycles. The third-order valence-electron chi connectivity index (χ3n) is 2.49. The molecule has 0 fully saturated rings. The second-order valence-electron chi connectivity index (χ2n) is 3.81. The molecule has 0 spiro atoms. The number of hydrogen-bond donors (Lipinski definition) is 2. The fraction of sp³-hybridized carbons (Fsp3) is 0.417. The van der Waals surface area contributed by atoms with Gasteiger partial charge in [-0.05, 0) is 18.6 Å². The molecule has 0 saturated heterocycles. The number of aromatic nitrogens is 1. The molecule has 1 unspecified atom stereocenters. The van der Waals surface area contributed by atoms with Crippen LogP contribution in [-0.4, -0.2) is 41.7 Å². The van der Waals surface area contributed by atoms with Crippen molar-refractivity contribution >= 4 is 11.9 Å². The minimum atomic E-state index is -1.10. The van der Waals surface area contributed by atoms with Crippen LogP contribution in [0.3, 0.4) is 0 Å². The van der Waals surface area contributed by atoms with Gasteiger partial charge in [-0.1, -0.05) is 6.07 Å². The van der Waals surface area contributed by atoms with Crippen molar-refractivity contribution in [2.24, 2.45) is 0 Å². The van der Waals surface area contributed by atoms with Crippen molar-refractivity contribution in [3.8, 4) is 0 Å². The van der Waals surface area contributed by atoms with Crippen LogP contribution >= 0.6 is 0 Å². The summed E-state index contributed by atoms with van der Waals surface area (Å²) in [5, 5.41) is 11.2. The molecule has 0 aliphatic rings. The molecule has 1 rings (SSSR count). The van der Waals surface area contributed by atoms with E-state index < -0.39 is 12.1 Å². The van der Waals surface area contributed by atoms with Crippen molar-refractivity contribution in [2.75, 3.05) is 13.7 Å². The molecule has 2 N–H and O–H groups in total. The fourth-order valence-electron chi connectivity index (χ4n) is 1.40. The standard InChI is InChI=1S/C12H16N2O4/c1-8-4-3-5-13-9(8)6-11(15)14-7-10(18-2)12(16)17/h3-5,10H,6-7H2,1-2H3,(H,14,15)(H,16,17). The molecule has 1 heterocycles. The van der Waals surface area contributed by atoms with Crippen molar-refractivity contribution in [1.29, 1.82) is 0 Å². The lowest BCUT2D eigenvalue weighted by Crippen LogP contribution is -2.38. The Morgan fingerprint density at radius 3 is 2.83 bits per heavy atom. The normalized spacial score (nSPS) is 11.9. The van der Waals surface area contributed by atoms with Crippen LogP contribution < -0.4 is 5.32 Å². The maximum atomic E-state index is 11.6. The highest BCUT2D eigenvalue weighted by Gasteiger charge is 2.17. The fourth-order valence-corrected chi connectivity index (χ4v) is 1.40. The van der Waals surface area contributed by atoms with E-state index in [1.54, 1.807) is 12.3 Å². The second-order valence-corrected chi connectivity index (χ2v) is 3.81. The number of hydrogen-bond acceptors (Lipinski definition) is 4. The van der Waals surface area contributed by atoms with Gasteiger partial charge in [0.15, 0.2) is 6.10 Å². The number of carbonyl (C=O) groups is 2. The van der Waals surface area contributed by atoms with E-state index in [9.17, 15) is 9.59 Å². The van der Waals surface area contributed by atoms with E-state index in [0.29, 0.717) is 5.69 Å². The van der Waals surface area contributed by atoms with Crippen LogP contribution in [0, 0.1) is 6.92 Å². The summed E-state index contributed by atoms with van der Waals surface area (Å²) in [5.74, 6) is -1.38. The van der Waals surface area contributed by atoms with Crippen molar-refractivity contribution < 1.29 is 19.4 Å². The van der Waals surface area contributed by atoms with E-state index in [-0.39, 0.29) is 18.9 Å². The zero-order valence-electron chi connectivity index (χ0n) is 10.3. The molecule has 6 heteroatoms. The summed E-state index contributed by atoms with van der Waals surface area (Å²) in [5.41, 5.74) is 1.61. The lowest BCUT2D eigenvalue weighted by atomic mass is 10.1. The largest absolute Gasteiger partial charge is 0.479 e. The van der Waals surface area contributed by atoms with Crippen LogP contribution in [0.25, 0.3) is 0 Å². The quantitative estimate of drug-likeness (QED) is 0.752. The Labute approximate surface area is 105 Å². The zero-order valence-corrected chi connectivity index (χ0v) is 10.3. The summed E-state index contributed by atoms with van der Waals surface area (Å²) in [6.45, 7) is 1.81. The number of carboxylic acids is 1. The highest BCUT2D eigenvalue weighted by Crippen LogP contribution is 2.03. The number of ether oxygens (including phenoxy) is 1. The van der Waals surface area contributed by atoms with Gasteiger partial charge in [0, 0.05) is 13.3 Å². The summed E-state index contributed by atoms with van der Waals surface area (Å²) in [7, 11) is 1.29. The van der Waals surface area contributed by atoms with E-state index in [4.69, 9.17) is 9.84 Å². The molecular formula is C12H16N2O4. The molecule has 18 heavy (non-hydrogen) atoms. The number of aryl methyl sites for hydroxylation is 1. The van der Waals surface area contributed by atoms with Gasteiger partial charge in [-0.25, -0.2) is 4.79 Å². The van der Waals surface area contributed by atoms with Crippen molar-refractivity contribution in [3.63, 3.8) is 0 Å². The molecular weight excluding hydrogens is 236 g/mol. The van der Waals surface area contributed by atoms with Gasteiger partial charge < -0.3 is 15.2 Å². The molecule has 1 aromatic rings. The Bertz CT molecular complexity index is 434. The number of amides is 1.